The Kier molecular flexibility index (Phi) is 5.22. The average Bonchev–Trinajstić information content (AvgIpc) is 3.01. The standard InChI is InChI=1S/C17H24N2O4S/c1-14(18-9-11-23-12-10-18)13-24(21,22)16-6-4-15(5-7-16)19-8-2-3-17(19)20/h4-7,14H,2-3,8-13H2,1H3/t14-/m0/s1. The van der Waals surface area contributed by atoms with E-state index in [0.717, 1.165) is 25.2 Å². The number of rotatable bonds is 5. The highest BCUT2D eigenvalue weighted by Crippen LogP contribution is 2.24. The number of amides is 1. The van der Waals surface area contributed by atoms with Gasteiger partial charge >= 0.3 is 0 Å². The molecular formula is C17H24N2O4S. The van der Waals surface area contributed by atoms with Crippen molar-refractivity contribution in [3.8, 4) is 0 Å². The third-order valence-corrected chi connectivity index (χ3v) is 6.62. The molecule has 2 fully saturated rings. The SMILES string of the molecule is C[C@@H](CS(=O)(=O)c1ccc(N2CCCC2=O)cc1)N1CCOCC1. The summed E-state index contributed by atoms with van der Waals surface area (Å²) in [4.78, 5) is 16.0. The first-order chi connectivity index (χ1) is 11.5. The Hall–Kier alpha value is -1.44. The maximum absolute atomic E-state index is 12.6. The van der Waals surface area contributed by atoms with Gasteiger partial charge in [-0.3, -0.25) is 9.69 Å². The summed E-state index contributed by atoms with van der Waals surface area (Å²) in [6.07, 6.45) is 1.42. The Morgan fingerprint density at radius 3 is 2.38 bits per heavy atom. The van der Waals surface area contributed by atoms with E-state index < -0.39 is 9.84 Å². The van der Waals surface area contributed by atoms with E-state index in [0.29, 0.717) is 31.1 Å². The molecule has 0 aromatic heterocycles. The van der Waals surface area contributed by atoms with E-state index in [9.17, 15) is 13.2 Å². The quantitative estimate of drug-likeness (QED) is 0.799. The van der Waals surface area contributed by atoms with Gasteiger partial charge in [0.25, 0.3) is 0 Å². The van der Waals surface area contributed by atoms with Gasteiger partial charge in [-0.15, -0.1) is 0 Å². The lowest BCUT2D eigenvalue weighted by molar-refractivity contribution is -0.117. The number of ether oxygens (including phenoxy) is 1. The van der Waals surface area contributed by atoms with Crippen LogP contribution in [0.4, 0.5) is 5.69 Å². The number of hydrogen-bond donors (Lipinski definition) is 0. The number of nitrogens with zero attached hydrogens (tertiary/aromatic N) is 2. The Balaban J connectivity index is 1.69. The highest BCUT2D eigenvalue weighted by molar-refractivity contribution is 7.91. The summed E-state index contributed by atoms with van der Waals surface area (Å²) in [5.74, 6) is 0.196. The summed E-state index contributed by atoms with van der Waals surface area (Å²) < 4.78 is 30.6. The van der Waals surface area contributed by atoms with Crippen molar-refractivity contribution in [2.24, 2.45) is 0 Å². The molecule has 0 saturated carbocycles. The molecule has 3 rings (SSSR count). The van der Waals surface area contributed by atoms with Crippen molar-refractivity contribution in [1.29, 1.82) is 0 Å². The average molecular weight is 352 g/mol. The summed E-state index contributed by atoms with van der Waals surface area (Å²) in [6, 6.07) is 6.65. The molecule has 2 aliphatic heterocycles. The fourth-order valence-electron chi connectivity index (χ4n) is 3.29. The molecule has 6 nitrogen and oxygen atoms in total. The Morgan fingerprint density at radius 1 is 1.12 bits per heavy atom. The van der Waals surface area contributed by atoms with Gasteiger partial charge in [0.2, 0.25) is 5.91 Å². The van der Waals surface area contributed by atoms with E-state index in [1.165, 1.54) is 0 Å². The minimum atomic E-state index is -3.35. The van der Waals surface area contributed by atoms with Crippen LogP contribution in [0, 0.1) is 0 Å². The molecule has 7 heteroatoms. The zero-order chi connectivity index (χ0) is 17.2. The van der Waals surface area contributed by atoms with Crippen molar-refractivity contribution < 1.29 is 17.9 Å². The van der Waals surface area contributed by atoms with Gasteiger partial charge in [0.15, 0.2) is 9.84 Å². The van der Waals surface area contributed by atoms with Gasteiger partial charge in [0.1, 0.15) is 0 Å². The molecule has 1 aromatic carbocycles. The second-order valence-electron chi connectivity index (χ2n) is 6.42. The minimum absolute atomic E-state index is 0.0428. The van der Waals surface area contributed by atoms with Crippen LogP contribution >= 0.6 is 0 Å². The summed E-state index contributed by atoms with van der Waals surface area (Å²) in [5, 5.41) is 0. The number of anilines is 1. The van der Waals surface area contributed by atoms with Crippen molar-refractivity contribution in [3.63, 3.8) is 0 Å². The molecule has 132 valence electrons. The molecule has 24 heavy (non-hydrogen) atoms. The van der Waals surface area contributed by atoms with Crippen LogP contribution in [-0.4, -0.2) is 63.9 Å². The van der Waals surface area contributed by atoms with Gasteiger partial charge in [-0.2, -0.15) is 0 Å². The van der Waals surface area contributed by atoms with Gasteiger partial charge in [-0.25, -0.2) is 8.42 Å². The summed E-state index contributed by atoms with van der Waals surface area (Å²) in [7, 11) is -3.35. The fraction of sp³-hybridized carbons (Fsp3) is 0.588. The van der Waals surface area contributed by atoms with Gasteiger partial charge in [-0.1, -0.05) is 0 Å². The molecular weight excluding hydrogens is 328 g/mol. The van der Waals surface area contributed by atoms with E-state index in [-0.39, 0.29) is 17.7 Å². The smallest absolute Gasteiger partial charge is 0.227 e. The largest absolute Gasteiger partial charge is 0.379 e. The molecule has 1 atom stereocenters. The van der Waals surface area contributed by atoms with Crippen LogP contribution in [0.3, 0.4) is 0 Å². The molecule has 0 bridgehead atoms. The molecule has 0 unspecified atom stereocenters. The van der Waals surface area contributed by atoms with Crippen LogP contribution in [0.5, 0.6) is 0 Å². The van der Waals surface area contributed by atoms with Gasteiger partial charge < -0.3 is 9.64 Å². The molecule has 0 radical (unpaired) electrons. The third kappa shape index (κ3) is 3.79. The lowest BCUT2D eigenvalue weighted by atomic mass is 10.3. The lowest BCUT2D eigenvalue weighted by Crippen LogP contribution is -2.45. The van der Waals surface area contributed by atoms with Crippen molar-refractivity contribution in [2.45, 2.75) is 30.7 Å². The number of benzene rings is 1. The van der Waals surface area contributed by atoms with Crippen molar-refractivity contribution in [2.75, 3.05) is 43.5 Å². The molecule has 2 aliphatic rings. The summed E-state index contributed by atoms with van der Waals surface area (Å²) >= 11 is 0. The highest BCUT2D eigenvalue weighted by atomic mass is 32.2. The highest BCUT2D eigenvalue weighted by Gasteiger charge is 2.25. The normalized spacial score (nSPS) is 21.2. The topological polar surface area (TPSA) is 66.9 Å². The number of morpholine rings is 1. The van der Waals surface area contributed by atoms with E-state index in [1.54, 1.807) is 29.2 Å². The molecule has 2 heterocycles. The second-order valence-corrected chi connectivity index (χ2v) is 8.46. The number of sulfone groups is 1. The predicted octanol–water partition coefficient (Wildman–Crippen LogP) is 1.31. The maximum atomic E-state index is 12.6. The second kappa shape index (κ2) is 7.21. The zero-order valence-corrected chi connectivity index (χ0v) is 14.8. The predicted molar refractivity (Wildman–Crippen MR) is 91.9 cm³/mol. The molecule has 1 amide bonds. The van der Waals surface area contributed by atoms with E-state index in [4.69, 9.17) is 4.74 Å². The van der Waals surface area contributed by atoms with E-state index in [1.807, 2.05) is 6.92 Å². The zero-order valence-electron chi connectivity index (χ0n) is 14.0. The molecule has 1 aromatic rings. The van der Waals surface area contributed by atoms with Crippen LogP contribution < -0.4 is 4.90 Å². The first-order valence-electron chi connectivity index (χ1n) is 8.42. The summed E-state index contributed by atoms with van der Waals surface area (Å²) in [5.41, 5.74) is 0.776. The first-order valence-corrected chi connectivity index (χ1v) is 10.1. The number of hydrogen-bond acceptors (Lipinski definition) is 5. The minimum Gasteiger partial charge on any atom is -0.379 e. The van der Waals surface area contributed by atoms with Crippen molar-refractivity contribution in [3.05, 3.63) is 24.3 Å². The lowest BCUT2D eigenvalue weighted by Gasteiger charge is -2.32. The van der Waals surface area contributed by atoms with Crippen LogP contribution in [0.1, 0.15) is 19.8 Å². The third-order valence-electron chi connectivity index (χ3n) is 4.71. The van der Waals surface area contributed by atoms with Crippen LogP contribution in [0.15, 0.2) is 29.2 Å². The van der Waals surface area contributed by atoms with Crippen molar-refractivity contribution >= 4 is 21.4 Å². The van der Waals surface area contributed by atoms with Gasteiger partial charge in [-0.05, 0) is 37.6 Å². The monoisotopic (exact) mass is 352 g/mol. The fourth-order valence-corrected chi connectivity index (χ4v) is 4.88. The molecule has 2 saturated heterocycles. The van der Waals surface area contributed by atoms with Crippen LogP contribution in [-0.2, 0) is 19.4 Å². The number of carbonyl (C=O) groups excluding carboxylic acids is 1. The van der Waals surface area contributed by atoms with Crippen LogP contribution in [0.25, 0.3) is 0 Å². The van der Waals surface area contributed by atoms with Crippen LogP contribution in [0.2, 0.25) is 0 Å². The summed E-state index contributed by atoms with van der Waals surface area (Å²) in [6.45, 7) is 5.50. The van der Waals surface area contributed by atoms with E-state index >= 15 is 0 Å². The first kappa shape index (κ1) is 17.4. The Morgan fingerprint density at radius 2 is 1.79 bits per heavy atom. The van der Waals surface area contributed by atoms with Crippen molar-refractivity contribution in [1.82, 2.24) is 4.90 Å². The number of carbonyl (C=O) groups is 1. The van der Waals surface area contributed by atoms with Gasteiger partial charge in [0, 0.05) is 37.8 Å². The molecule has 0 spiro atoms. The van der Waals surface area contributed by atoms with E-state index in [2.05, 4.69) is 4.90 Å². The maximum Gasteiger partial charge on any atom is 0.227 e. The Labute approximate surface area is 143 Å². The molecule has 0 aliphatic carbocycles. The molecule has 0 N–H and O–H groups in total. The van der Waals surface area contributed by atoms with Gasteiger partial charge in [0.05, 0.1) is 23.9 Å². The Bertz CT molecular complexity index is 681.